The molecule has 8 nitrogen and oxygen atoms in total. The van der Waals surface area contributed by atoms with Crippen LogP contribution in [0, 0.1) is 0 Å². The molecule has 182 valence electrons. The Kier molecular flexibility index (Phi) is 6.61. The molecule has 2 aliphatic rings. The number of methoxy groups -OCH3 is 1. The summed E-state index contributed by atoms with van der Waals surface area (Å²) in [5.74, 6) is 1.51. The molecular weight excluding hydrogens is 448 g/mol. The van der Waals surface area contributed by atoms with E-state index in [1.807, 2.05) is 30.3 Å². The van der Waals surface area contributed by atoms with Gasteiger partial charge < -0.3 is 28.8 Å². The predicted octanol–water partition coefficient (Wildman–Crippen LogP) is 4.46. The van der Waals surface area contributed by atoms with Crippen molar-refractivity contribution in [3.63, 3.8) is 0 Å². The van der Waals surface area contributed by atoms with Crippen molar-refractivity contribution in [1.29, 1.82) is 0 Å². The van der Waals surface area contributed by atoms with Crippen molar-refractivity contribution in [2.75, 3.05) is 13.9 Å². The fraction of sp³-hybridized carbons (Fsp3) is 0.333. The van der Waals surface area contributed by atoms with Gasteiger partial charge in [0, 0.05) is 12.6 Å². The maximum atomic E-state index is 13.7. The summed E-state index contributed by atoms with van der Waals surface area (Å²) in [4.78, 5) is 29.0. The van der Waals surface area contributed by atoms with Gasteiger partial charge in [0.2, 0.25) is 12.7 Å². The Labute approximate surface area is 203 Å². The minimum atomic E-state index is -0.871. The quantitative estimate of drug-likeness (QED) is 0.516. The molecule has 5 rings (SSSR count). The number of hydrogen-bond donors (Lipinski definition) is 1. The van der Waals surface area contributed by atoms with Gasteiger partial charge in [-0.25, -0.2) is 0 Å². The lowest BCUT2D eigenvalue weighted by Crippen LogP contribution is -2.45. The van der Waals surface area contributed by atoms with Crippen molar-refractivity contribution < 1.29 is 28.2 Å². The van der Waals surface area contributed by atoms with Crippen molar-refractivity contribution in [3.8, 4) is 17.2 Å². The van der Waals surface area contributed by atoms with E-state index in [0.29, 0.717) is 22.8 Å². The number of rotatable bonds is 8. The third kappa shape index (κ3) is 4.96. The minimum Gasteiger partial charge on any atom is -0.497 e. The smallest absolute Gasteiger partial charge is 0.290 e. The second kappa shape index (κ2) is 10.1. The third-order valence-electron chi connectivity index (χ3n) is 6.48. The van der Waals surface area contributed by atoms with Gasteiger partial charge in [0.1, 0.15) is 11.8 Å². The van der Waals surface area contributed by atoms with Crippen LogP contribution >= 0.6 is 0 Å². The summed E-state index contributed by atoms with van der Waals surface area (Å²) in [6, 6.07) is 15.2. The number of furan rings is 1. The summed E-state index contributed by atoms with van der Waals surface area (Å²) in [5.41, 5.74) is 1.49. The van der Waals surface area contributed by atoms with Crippen LogP contribution in [0.3, 0.4) is 0 Å². The molecule has 0 bridgehead atoms. The first-order valence-corrected chi connectivity index (χ1v) is 11.8. The van der Waals surface area contributed by atoms with E-state index in [9.17, 15) is 9.59 Å². The minimum absolute atomic E-state index is 0.106. The molecule has 1 aliphatic heterocycles. The van der Waals surface area contributed by atoms with Crippen molar-refractivity contribution in [1.82, 2.24) is 10.2 Å². The Balaban J connectivity index is 1.53. The van der Waals surface area contributed by atoms with Crippen molar-refractivity contribution >= 4 is 11.8 Å². The van der Waals surface area contributed by atoms with Crippen molar-refractivity contribution in [3.05, 3.63) is 77.7 Å². The lowest BCUT2D eigenvalue weighted by Gasteiger charge is -2.32. The SMILES string of the molecule is COc1ccc([C@H](C(=O)NC2CCCC2)N(Cc2ccc3c(c2)OCO3)C(=O)c2ccco2)cc1. The van der Waals surface area contributed by atoms with Crippen LogP contribution in [0.4, 0.5) is 0 Å². The molecule has 0 unspecified atom stereocenters. The molecule has 1 N–H and O–H groups in total. The fourth-order valence-corrected chi connectivity index (χ4v) is 4.67. The van der Waals surface area contributed by atoms with Crippen LogP contribution in [0.5, 0.6) is 17.2 Å². The van der Waals surface area contributed by atoms with E-state index in [2.05, 4.69) is 5.32 Å². The number of nitrogens with zero attached hydrogens (tertiary/aromatic N) is 1. The number of benzene rings is 2. The van der Waals surface area contributed by atoms with Crippen LogP contribution in [0.1, 0.15) is 53.4 Å². The predicted molar refractivity (Wildman–Crippen MR) is 127 cm³/mol. The van der Waals surface area contributed by atoms with Crippen molar-refractivity contribution in [2.45, 2.75) is 44.3 Å². The highest BCUT2D eigenvalue weighted by atomic mass is 16.7. The van der Waals surface area contributed by atoms with E-state index in [0.717, 1.165) is 31.2 Å². The number of amides is 2. The van der Waals surface area contributed by atoms with Gasteiger partial charge in [0.15, 0.2) is 17.3 Å². The average molecular weight is 477 g/mol. The molecule has 1 saturated carbocycles. The molecule has 0 saturated heterocycles. The van der Waals surface area contributed by atoms with Gasteiger partial charge in [-0.15, -0.1) is 0 Å². The zero-order chi connectivity index (χ0) is 24.2. The number of nitrogens with one attached hydrogen (secondary N) is 1. The topological polar surface area (TPSA) is 90.2 Å². The van der Waals surface area contributed by atoms with Crippen LogP contribution < -0.4 is 19.5 Å². The highest BCUT2D eigenvalue weighted by molar-refractivity contribution is 5.96. The maximum absolute atomic E-state index is 13.7. The van der Waals surface area contributed by atoms with E-state index >= 15 is 0 Å². The molecule has 35 heavy (non-hydrogen) atoms. The normalized spacial score (nSPS) is 15.6. The Morgan fingerprint density at radius 1 is 1.06 bits per heavy atom. The number of hydrogen-bond acceptors (Lipinski definition) is 6. The van der Waals surface area contributed by atoms with Gasteiger partial charge in [-0.3, -0.25) is 9.59 Å². The molecule has 0 radical (unpaired) electrons. The number of fused-ring (bicyclic) bond motifs is 1. The van der Waals surface area contributed by atoms with E-state index < -0.39 is 6.04 Å². The van der Waals surface area contributed by atoms with E-state index in [1.165, 1.54) is 6.26 Å². The first-order chi connectivity index (χ1) is 17.1. The molecular formula is C27H28N2O6. The summed E-state index contributed by atoms with van der Waals surface area (Å²) in [6.45, 7) is 0.330. The maximum Gasteiger partial charge on any atom is 0.290 e. The lowest BCUT2D eigenvalue weighted by atomic mass is 10.0. The van der Waals surface area contributed by atoms with Gasteiger partial charge >= 0.3 is 0 Å². The molecule has 0 spiro atoms. The fourth-order valence-electron chi connectivity index (χ4n) is 4.67. The van der Waals surface area contributed by atoms with Gasteiger partial charge in [-0.1, -0.05) is 31.0 Å². The molecule has 1 atom stereocenters. The number of ether oxygens (including phenoxy) is 3. The molecule has 2 heterocycles. The Bertz CT molecular complexity index is 1170. The molecule has 2 aromatic carbocycles. The first kappa shape index (κ1) is 22.8. The largest absolute Gasteiger partial charge is 0.497 e. The molecule has 3 aromatic rings. The molecule has 8 heteroatoms. The summed E-state index contributed by atoms with van der Waals surface area (Å²) < 4.78 is 21.7. The van der Waals surface area contributed by atoms with Gasteiger partial charge in [0.25, 0.3) is 5.91 Å². The highest BCUT2D eigenvalue weighted by Gasteiger charge is 2.35. The third-order valence-corrected chi connectivity index (χ3v) is 6.48. The Morgan fingerprint density at radius 3 is 2.54 bits per heavy atom. The van der Waals surface area contributed by atoms with Crippen LogP contribution in [0.2, 0.25) is 0 Å². The summed E-state index contributed by atoms with van der Waals surface area (Å²) >= 11 is 0. The zero-order valence-electron chi connectivity index (χ0n) is 19.6. The van der Waals surface area contributed by atoms with E-state index in [1.54, 1.807) is 36.3 Å². The second-order valence-corrected chi connectivity index (χ2v) is 8.76. The van der Waals surface area contributed by atoms with Gasteiger partial charge in [-0.2, -0.15) is 0 Å². The van der Waals surface area contributed by atoms with E-state index in [-0.39, 0.29) is 37.0 Å². The van der Waals surface area contributed by atoms with Crippen molar-refractivity contribution in [2.24, 2.45) is 0 Å². The molecule has 1 fully saturated rings. The summed E-state index contributed by atoms with van der Waals surface area (Å²) in [5, 5.41) is 3.17. The van der Waals surface area contributed by atoms with Crippen LogP contribution in [0.15, 0.2) is 65.3 Å². The highest BCUT2D eigenvalue weighted by Crippen LogP contribution is 2.34. The van der Waals surface area contributed by atoms with Gasteiger partial charge in [0.05, 0.1) is 13.4 Å². The van der Waals surface area contributed by atoms with Crippen LogP contribution in [0.25, 0.3) is 0 Å². The molecule has 1 aliphatic carbocycles. The second-order valence-electron chi connectivity index (χ2n) is 8.76. The van der Waals surface area contributed by atoms with Crippen LogP contribution in [-0.2, 0) is 11.3 Å². The first-order valence-electron chi connectivity index (χ1n) is 11.8. The lowest BCUT2D eigenvalue weighted by molar-refractivity contribution is -0.126. The average Bonchev–Trinajstić information content (AvgIpc) is 3.66. The standard InChI is InChI=1S/C27H28N2O6/c1-32-21-11-9-19(10-12-21)25(26(30)28-20-5-2-3-6-20)29(27(31)23-7-4-14-33-23)16-18-8-13-22-24(15-18)35-17-34-22/h4,7-15,20,25H,2-3,5-6,16-17H2,1H3,(H,28,30)/t25-/m1/s1. The zero-order valence-corrected chi connectivity index (χ0v) is 19.6. The summed E-state index contributed by atoms with van der Waals surface area (Å²) in [7, 11) is 1.59. The van der Waals surface area contributed by atoms with Crippen LogP contribution in [-0.4, -0.2) is 36.7 Å². The summed E-state index contributed by atoms with van der Waals surface area (Å²) in [6.07, 6.45) is 5.51. The monoisotopic (exact) mass is 476 g/mol. The molecule has 2 amide bonds. The Morgan fingerprint density at radius 2 is 1.83 bits per heavy atom. The van der Waals surface area contributed by atoms with E-state index in [4.69, 9.17) is 18.6 Å². The van der Waals surface area contributed by atoms with Gasteiger partial charge in [-0.05, 0) is 60.4 Å². The number of carbonyl (C=O) groups excluding carboxylic acids is 2. The molecule has 1 aromatic heterocycles. The number of carbonyl (C=O) groups is 2. The Hall–Kier alpha value is -3.94.